The lowest BCUT2D eigenvalue weighted by atomic mass is 10.2. The predicted octanol–water partition coefficient (Wildman–Crippen LogP) is 2.74. The van der Waals surface area contributed by atoms with E-state index < -0.39 is 0 Å². The van der Waals surface area contributed by atoms with Crippen LogP contribution in [0.1, 0.15) is 48.9 Å². The molecule has 0 bridgehead atoms. The highest BCUT2D eigenvalue weighted by molar-refractivity contribution is 5.94. The summed E-state index contributed by atoms with van der Waals surface area (Å²) in [6, 6.07) is 7.47. The fraction of sp³-hybridized carbons (Fsp3) is 0.579. The smallest absolute Gasteiger partial charge is 0.253 e. The molecule has 130 valence electrons. The normalized spacial score (nSPS) is 18.3. The molecular weight excluding hydrogens is 302 g/mol. The Balaban J connectivity index is 1.50. The maximum atomic E-state index is 12.3. The molecule has 5 heteroatoms. The summed E-state index contributed by atoms with van der Waals surface area (Å²) in [5.41, 5.74) is 1.61. The quantitative estimate of drug-likeness (QED) is 0.924. The van der Waals surface area contributed by atoms with Crippen molar-refractivity contribution in [3.8, 4) is 0 Å². The first kappa shape index (κ1) is 16.8. The summed E-state index contributed by atoms with van der Waals surface area (Å²) in [6.45, 7) is 3.80. The molecule has 5 nitrogen and oxygen atoms in total. The van der Waals surface area contributed by atoms with Gasteiger partial charge in [-0.05, 0) is 49.9 Å². The van der Waals surface area contributed by atoms with Crippen molar-refractivity contribution in [1.29, 1.82) is 0 Å². The van der Waals surface area contributed by atoms with E-state index in [9.17, 15) is 9.59 Å². The Morgan fingerprint density at radius 1 is 0.792 bits per heavy atom. The SMILES string of the molecule is O=C(CNc1ccc(C(=O)N2CCCC2)cc1)N1CCCCCC1. The van der Waals surface area contributed by atoms with E-state index in [0.29, 0.717) is 6.54 Å². The van der Waals surface area contributed by atoms with Crippen LogP contribution in [0.4, 0.5) is 5.69 Å². The van der Waals surface area contributed by atoms with E-state index >= 15 is 0 Å². The summed E-state index contributed by atoms with van der Waals surface area (Å²) in [5, 5.41) is 3.18. The molecule has 2 amide bonds. The summed E-state index contributed by atoms with van der Waals surface area (Å²) in [6.07, 6.45) is 6.87. The van der Waals surface area contributed by atoms with Crippen molar-refractivity contribution < 1.29 is 9.59 Å². The Morgan fingerprint density at radius 3 is 1.96 bits per heavy atom. The van der Waals surface area contributed by atoms with Gasteiger partial charge in [0, 0.05) is 37.4 Å². The van der Waals surface area contributed by atoms with Gasteiger partial charge in [0.1, 0.15) is 0 Å². The van der Waals surface area contributed by atoms with Gasteiger partial charge in [-0.25, -0.2) is 0 Å². The number of carbonyl (C=O) groups is 2. The third kappa shape index (κ3) is 4.28. The number of carbonyl (C=O) groups excluding carboxylic acids is 2. The van der Waals surface area contributed by atoms with Gasteiger partial charge in [0.05, 0.1) is 6.54 Å². The summed E-state index contributed by atoms with van der Waals surface area (Å²) in [4.78, 5) is 28.5. The highest BCUT2D eigenvalue weighted by Crippen LogP contribution is 2.16. The summed E-state index contributed by atoms with van der Waals surface area (Å²) < 4.78 is 0. The van der Waals surface area contributed by atoms with Crippen LogP contribution in [0.5, 0.6) is 0 Å². The minimum absolute atomic E-state index is 0.111. The average molecular weight is 329 g/mol. The molecule has 3 rings (SSSR count). The van der Waals surface area contributed by atoms with E-state index in [1.807, 2.05) is 34.1 Å². The first-order valence-electron chi connectivity index (χ1n) is 9.15. The van der Waals surface area contributed by atoms with Crippen LogP contribution in [0, 0.1) is 0 Å². The second kappa shape index (κ2) is 8.18. The highest BCUT2D eigenvalue weighted by atomic mass is 16.2. The first-order chi connectivity index (χ1) is 11.7. The number of rotatable bonds is 4. The number of nitrogens with zero attached hydrogens (tertiary/aromatic N) is 2. The first-order valence-corrected chi connectivity index (χ1v) is 9.15. The summed E-state index contributed by atoms with van der Waals surface area (Å²) in [7, 11) is 0. The van der Waals surface area contributed by atoms with Crippen molar-refractivity contribution in [1.82, 2.24) is 9.80 Å². The monoisotopic (exact) mass is 329 g/mol. The average Bonchev–Trinajstić information content (AvgIpc) is 3.02. The lowest BCUT2D eigenvalue weighted by Crippen LogP contribution is -2.36. The second-order valence-corrected chi connectivity index (χ2v) is 6.73. The van der Waals surface area contributed by atoms with E-state index in [1.54, 1.807) is 0 Å². The topological polar surface area (TPSA) is 52.7 Å². The van der Waals surface area contributed by atoms with Crippen LogP contribution in [-0.4, -0.2) is 54.3 Å². The van der Waals surface area contributed by atoms with Gasteiger partial charge in [0.2, 0.25) is 5.91 Å². The Bertz CT molecular complexity index is 556. The van der Waals surface area contributed by atoms with Crippen molar-refractivity contribution in [3.05, 3.63) is 29.8 Å². The van der Waals surface area contributed by atoms with Crippen LogP contribution in [0.15, 0.2) is 24.3 Å². The number of benzene rings is 1. The Morgan fingerprint density at radius 2 is 1.33 bits per heavy atom. The largest absolute Gasteiger partial charge is 0.376 e. The maximum absolute atomic E-state index is 12.3. The van der Waals surface area contributed by atoms with Gasteiger partial charge in [-0.2, -0.15) is 0 Å². The molecule has 1 aromatic carbocycles. The Labute approximate surface area is 144 Å². The van der Waals surface area contributed by atoms with Crippen LogP contribution in [-0.2, 0) is 4.79 Å². The van der Waals surface area contributed by atoms with E-state index in [-0.39, 0.29) is 11.8 Å². The zero-order valence-corrected chi connectivity index (χ0v) is 14.3. The molecule has 1 N–H and O–H groups in total. The number of nitrogens with one attached hydrogen (secondary N) is 1. The fourth-order valence-electron chi connectivity index (χ4n) is 3.44. The zero-order valence-electron chi connectivity index (χ0n) is 14.3. The third-order valence-corrected chi connectivity index (χ3v) is 4.93. The van der Waals surface area contributed by atoms with Crippen LogP contribution < -0.4 is 5.32 Å². The van der Waals surface area contributed by atoms with E-state index in [4.69, 9.17) is 0 Å². The van der Waals surface area contributed by atoms with Gasteiger partial charge in [-0.15, -0.1) is 0 Å². The summed E-state index contributed by atoms with van der Waals surface area (Å²) >= 11 is 0. The van der Waals surface area contributed by atoms with Crippen molar-refractivity contribution in [2.24, 2.45) is 0 Å². The molecule has 2 saturated heterocycles. The van der Waals surface area contributed by atoms with Crippen LogP contribution in [0.2, 0.25) is 0 Å². The van der Waals surface area contributed by atoms with Crippen LogP contribution in [0.3, 0.4) is 0 Å². The Kier molecular flexibility index (Phi) is 5.72. The zero-order chi connectivity index (χ0) is 16.8. The molecule has 1 aromatic rings. The van der Waals surface area contributed by atoms with Gasteiger partial charge in [0.15, 0.2) is 0 Å². The van der Waals surface area contributed by atoms with Crippen molar-refractivity contribution in [2.45, 2.75) is 38.5 Å². The van der Waals surface area contributed by atoms with Gasteiger partial charge in [-0.1, -0.05) is 12.8 Å². The number of likely N-dealkylation sites (tertiary alicyclic amines) is 2. The summed E-state index contributed by atoms with van der Waals surface area (Å²) in [5.74, 6) is 0.272. The molecule has 0 spiro atoms. The highest BCUT2D eigenvalue weighted by Gasteiger charge is 2.19. The molecule has 2 heterocycles. The molecule has 0 radical (unpaired) electrons. The van der Waals surface area contributed by atoms with E-state index in [2.05, 4.69) is 5.32 Å². The molecule has 0 atom stereocenters. The lowest BCUT2D eigenvalue weighted by molar-refractivity contribution is -0.129. The Hall–Kier alpha value is -2.04. The molecule has 0 aliphatic carbocycles. The molecule has 0 saturated carbocycles. The van der Waals surface area contributed by atoms with Crippen LogP contribution in [0.25, 0.3) is 0 Å². The standard InChI is InChI=1S/C19H27N3O2/c23-18(21-11-3-1-2-4-12-21)15-20-17-9-7-16(8-10-17)19(24)22-13-5-6-14-22/h7-10,20H,1-6,11-15H2. The third-order valence-electron chi connectivity index (χ3n) is 4.93. The van der Waals surface area contributed by atoms with Crippen molar-refractivity contribution in [3.63, 3.8) is 0 Å². The van der Waals surface area contributed by atoms with Gasteiger partial charge in [-0.3, -0.25) is 9.59 Å². The van der Waals surface area contributed by atoms with Crippen molar-refractivity contribution in [2.75, 3.05) is 38.0 Å². The molecule has 0 unspecified atom stereocenters. The minimum atomic E-state index is 0.111. The number of hydrogen-bond acceptors (Lipinski definition) is 3. The molecule has 2 fully saturated rings. The number of hydrogen-bond donors (Lipinski definition) is 1. The number of amides is 2. The second-order valence-electron chi connectivity index (χ2n) is 6.73. The molecule has 2 aliphatic rings. The molecule has 2 aliphatic heterocycles. The van der Waals surface area contributed by atoms with Gasteiger partial charge < -0.3 is 15.1 Å². The molecular formula is C19H27N3O2. The lowest BCUT2D eigenvalue weighted by Gasteiger charge is -2.20. The predicted molar refractivity (Wildman–Crippen MR) is 95.1 cm³/mol. The molecule has 0 aromatic heterocycles. The van der Waals surface area contributed by atoms with Crippen molar-refractivity contribution >= 4 is 17.5 Å². The molecule has 24 heavy (non-hydrogen) atoms. The van der Waals surface area contributed by atoms with E-state index in [0.717, 1.165) is 63.1 Å². The van der Waals surface area contributed by atoms with E-state index in [1.165, 1.54) is 12.8 Å². The maximum Gasteiger partial charge on any atom is 0.253 e. The van der Waals surface area contributed by atoms with Gasteiger partial charge in [0.25, 0.3) is 5.91 Å². The fourth-order valence-corrected chi connectivity index (χ4v) is 3.44. The van der Waals surface area contributed by atoms with Gasteiger partial charge >= 0.3 is 0 Å². The number of anilines is 1. The minimum Gasteiger partial charge on any atom is -0.376 e. The van der Waals surface area contributed by atoms with Crippen LogP contribution >= 0.6 is 0 Å².